The number of para-hydroxylation sites is 1. The molecular weight excluding hydrogens is 420 g/mol. The molecule has 1 aromatic heterocycles. The molecule has 30 heavy (non-hydrogen) atoms. The Kier molecular flexibility index (Phi) is 7.12. The molecule has 0 aliphatic heterocycles. The Morgan fingerprint density at radius 3 is 2.50 bits per heavy atom. The molecule has 0 aliphatic rings. The molecular formula is C22H22N2O4S2. The minimum absolute atomic E-state index is 0.176. The van der Waals surface area contributed by atoms with Gasteiger partial charge in [-0.1, -0.05) is 30.0 Å². The maximum absolute atomic E-state index is 12.3. The highest BCUT2D eigenvalue weighted by molar-refractivity contribution is 8.02. The van der Waals surface area contributed by atoms with Gasteiger partial charge in [0.25, 0.3) is 5.91 Å². The van der Waals surface area contributed by atoms with Crippen molar-refractivity contribution in [1.29, 1.82) is 0 Å². The van der Waals surface area contributed by atoms with Crippen LogP contribution < -0.4 is 10.1 Å². The van der Waals surface area contributed by atoms with E-state index in [1.807, 2.05) is 35.7 Å². The zero-order chi connectivity index (χ0) is 21.6. The smallest absolute Gasteiger partial charge is 0.319 e. The van der Waals surface area contributed by atoms with Gasteiger partial charge in [0, 0.05) is 23.1 Å². The molecule has 2 N–H and O–H groups in total. The van der Waals surface area contributed by atoms with E-state index < -0.39 is 10.7 Å². The Morgan fingerprint density at radius 2 is 1.83 bits per heavy atom. The number of carboxylic acid groups (broad SMARTS) is 1. The van der Waals surface area contributed by atoms with Crippen molar-refractivity contribution >= 4 is 40.7 Å². The first-order chi connectivity index (χ1) is 14.3. The van der Waals surface area contributed by atoms with Crippen LogP contribution in [0.2, 0.25) is 0 Å². The number of benzene rings is 2. The van der Waals surface area contributed by atoms with Crippen LogP contribution in [0.1, 0.15) is 29.9 Å². The van der Waals surface area contributed by atoms with Crippen molar-refractivity contribution in [3.05, 3.63) is 71.2 Å². The molecule has 8 heteroatoms. The van der Waals surface area contributed by atoms with E-state index in [2.05, 4.69) is 10.3 Å². The molecule has 1 heterocycles. The summed E-state index contributed by atoms with van der Waals surface area (Å²) in [6.07, 6.45) is 0.612. The first kappa shape index (κ1) is 21.9. The maximum atomic E-state index is 12.3. The average Bonchev–Trinajstić information content (AvgIpc) is 3.15. The number of rotatable bonds is 9. The van der Waals surface area contributed by atoms with Crippen molar-refractivity contribution in [1.82, 2.24) is 4.98 Å². The number of amides is 1. The molecule has 0 bridgehead atoms. The number of thiazole rings is 1. The number of hydrogen-bond donors (Lipinski definition) is 2. The van der Waals surface area contributed by atoms with Gasteiger partial charge in [-0.25, -0.2) is 4.98 Å². The number of ether oxygens (including phenoxy) is 1. The van der Waals surface area contributed by atoms with Crippen LogP contribution in [-0.2, 0) is 11.2 Å². The molecule has 3 aromatic rings. The lowest BCUT2D eigenvalue weighted by atomic mass is 10.2. The summed E-state index contributed by atoms with van der Waals surface area (Å²) in [5, 5.41) is 14.0. The summed E-state index contributed by atoms with van der Waals surface area (Å²) < 4.78 is 5.55. The van der Waals surface area contributed by atoms with Crippen LogP contribution >= 0.6 is 23.1 Å². The van der Waals surface area contributed by atoms with Gasteiger partial charge in [0.2, 0.25) is 0 Å². The first-order valence-corrected chi connectivity index (χ1v) is 11.0. The Bertz CT molecular complexity index is 1000. The number of nitrogens with zero attached hydrogens (tertiary/aromatic N) is 1. The third kappa shape index (κ3) is 6.08. The molecule has 6 nitrogen and oxygen atoms in total. The van der Waals surface area contributed by atoms with Gasteiger partial charge < -0.3 is 15.2 Å². The van der Waals surface area contributed by atoms with Crippen LogP contribution in [-0.4, -0.2) is 33.3 Å². The minimum Gasteiger partial charge on any atom is -0.493 e. The van der Waals surface area contributed by atoms with Gasteiger partial charge in [0.05, 0.1) is 12.3 Å². The third-order valence-corrected chi connectivity index (χ3v) is 6.34. The largest absolute Gasteiger partial charge is 0.493 e. The molecule has 0 aliphatic carbocycles. The number of aliphatic carboxylic acids is 1. The molecule has 3 rings (SSSR count). The zero-order valence-electron chi connectivity index (χ0n) is 16.6. The van der Waals surface area contributed by atoms with Crippen LogP contribution in [0.25, 0.3) is 0 Å². The van der Waals surface area contributed by atoms with E-state index in [0.717, 1.165) is 15.7 Å². The Labute approximate surface area is 183 Å². The number of carbonyl (C=O) groups is 2. The highest BCUT2D eigenvalue weighted by Gasteiger charge is 2.29. The second-order valence-corrected chi connectivity index (χ2v) is 9.69. The summed E-state index contributed by atoms with van der Waals surface area (Å²) in [6, 6.07) is 16.3. The van der Waals surface area contributed by atoms with Gasteiger partial charge in [-0.05, 0) is 50.2 Å². The first-order valence-electron chi connectivity index (χ1n) is 9.29. The number of carbonyl (C=O) groups excluding carboxylic acids is 1. The molecule has 0 fully saturated rings. The van der Waals surface area contributed by atoms with Crippen molar-refractivity contribution < 1.29 is 19.4 Å². The summed E-state index contributed by atoms with van der Waals surface area (Å²) in [4.78, 5) is 28.0. The Morgan fingerprint density at radius 1 is 1.13 bits per heavy atom. The third-order valence-electron chi connectivity index (χ3n) is 4.16. The minimum atomic E-state index is -0.916. The number of hydrogen-bond acceptors (Lipinski definition) is 6. The molecule has 156 valence electrons. The molecule has 0 radical (unpaired) electrons. The van der Waals surface area contributed by atoms with Crippen molar-refractivity contribution in [2.24, 2.45) is 0 Å². The zero-order valence-corrected chi connectivity index (χ0v) is 18.3. The van der Waals surface area contributed by atoms with E-state index in [1.165, 1.54) is 23.1 Å². The lowest BCUT2D eigenvalue weighted by Crippen LogP contribution is -2.26. The van der Waals surface area contributed by atoms with Crippen molar-refractivity contribution in [2.45, 2.75) is 29.4 Å². The van der Waals surface area contributed by atoms with Crippen LogP contribution in [0.3, 0.4) is 0 Å². The molecule has 0 atom stereocenters. The van der Waals surface area contributed by atoms with Crippen LogP contribution in [0.4, 0.5) is 5.69 Å². The summed E-state index contributed by atoms with van der Waals surface area (Å²) in [6.45, 7) is 3.76. The summed E-state index contributed by atoms with van der Waals surface area (Å²) in [5.41, 5.74) is 2.16. The maximum Gasteiger partial charge on any atom is 0.319 e. The number of aromatic nitrogens is 1. The molecule has 0 saturated carbocycles. The SMILES string of the molecule is CC(C)(Sc1nc(CCOc2ccc(C(=O)Nc3ccccc3)cc2)cs1)C(=O)O. The van der Waals surface area contributed by atoms with E-state index >= 15 is 0 Å². The van der Waals surface area contributed by atoms with E-state index in [-0.39, 0.29) is 5.91 Å². The van der Waals surface area contributed by atoms with Gasteiger partial charge in [0.15, 0.2) is 4.34 Å². The van der Waals surface area contributed by atoms with E-state index in [4.69, 9.17) is 4.74 Å². The van der Waals surface area contributed by atoms with E-state index in [0.29, 0.717) is 24.3 Å². The highest BCUT2D eigenvalue weighted by atomic mass is 32.2. The number of anilines is 1. The van der Waals surface area contributed by atoms with E-state index in [1.54, 1.807) is 38.1 Å². The second kappa shape index (κ2) is 9.77. The molecule has 0 saturated heterocycles. The van der Waals surface area contributed by atoms with Gasteiger partial charge in [-0.15, -0.1) is 11.3 Å². The standard InChI is InChI=1S/C22H22N2O4S2/c1-22(2,20(26)27)30-21-24-17(14-29-21)12-13-28-18-10-8-15(9-11-18)19(25)23-16-6-4-3-5-7-16/h3-11,14H,12-13H2,1-2H3,(H,23,25)(H,26,27). The van der Waals surface area contributed by atoms with Crippen molar-refractivity contribution in [2.75, 3.05) is 11.9 Å². The monoisotopic (exact) mass is 442 g/mol. The molecule has 0 unspecified atom stereocenters. The van der Waals surface area contributed by atoms with Crippen LogP contribution in [0, 0.1) is 0 Å². The topological polar surface area (TPSA) is 88.5 Å². The summed E-state index contributed by atoms with van der Waals surface area (Å²) in [7, 11) is 0. The van der Waals surface area contributed by atoms with Gasteiger partial charge in [-0.2, -0.15) is 0 Å². The second-order valence-electron chi connectivity index (χ2n) is 6.97. The number of carboxylic acids is 1. The van der Waals surface area contributed by atoms with Crippen LogP contribution in [0.15, 0.2) is 64.3 Å². The molecule has 2 aromatic carbocycles. The van der Waals surface area contributed by atoms with Crippen molar-refractivity contribution in [3.63, 3.8) is 0 Å². The van der Waals surface area contributed by atoms with Crippen LogP contribution in [0.5, 0.6) is 5.75 Å². The normalized spacial score (nSPS) is 11.1. The summed E-state index contributed by atoms with van der Waals surface area (Å²) in [5.74, 6) is -0.374. The van der Waals surface area contributed by atoms with Gasteiger partial charge in [-0.3, -0.25) is 9.59 Å². The lowest BCUT2D eigenvalue weighted by Gasteiger charge is -2.15. The summed E-state index contributed by atoms with van der Waals surface area (Å²) >= 11 is 2.67. The fraction of sp³-hybridized carbons (Fsp3) is 0.227. The fourth-order valence-corrected chi connectivity index (χ4v) is 4.64. The average molecular weight is 443 g/mol. The predicted octanol–water partition coefficient (Wildman–Crippen LogP) is 4.97. The molecule has 0 spiro atoms. The fourth-order valence-electron chi connectivity index (χ4n) is 2.41. The Hall–Kier alpha value is -2.84. The Balaban J connectivity index is 1.48. The predicted molar refractivity (Wildman–Crippen MR) is 120 cm³/mol. The number of nitrogens with one attached hydrogen (secondary N) is 1. The van der Waals surface area contributed by atoms with Gasteiger partial charge in [0.1, 0.15) is 10.5 Å². The highest BCUT2D eigenvalue weighted by Crippen LogP contribution is 2.34. The molecule has 1 amide bonds. The van der Waals surface area contributed by atoms with E-state index in [9.17, 15) is 14.7 Å². The lowest BCUT2D eigenvalue weighted by molar-refractivity contribution is -0.138. The van der Waals surface area contributed by atoms with Crippen molar-refractivity contribution in [3.8, 4) is 5.75 Å². The van der Waals surface area contributed by atoms with Gasteiger partial charge >= 0.3 is 5.97 Å². The quantitative estimate of drug-likeness (QED) is 0.455. The number of thioether (sulfide) groups is 1.